The third-order valence-corrected chi connectivity index (χ3v) is 3.48. The lowest BCUT2D eigenvalue weighted by Crippen LogP contribution is -2.37. The molecule has 1 aliphatic rings. The molecule has 0 spiro atoms. The molecule has 0 unspecified atom stereocenters. The van der Waals surface area contributed by atoms with Gasteiger partial charge in [-0.25, -0.2) is 0 Å². The Morgan fingerprint density at radius 3 is 2.67 bits per heavy atom. The Morgan fingerprint density at radius 1 is 1.67 bits per heavy atom. The Kier molecular flexibility index (Phi) is 2.41. The SMILES string of the molecule is CC[C@@]1(C)C(=O)C(C)=CC[C@H]1C. The van der Waals surface area contributed by atoms with E-state index in [9.17, 15) is 4.79 Å². The lowest BCUT2D eigenvalue weighted by atomic mass is 9.66. The van der Waals surface area contributed by atoms with Gasteiger partial charge in [-0.1, -0.05) is 26.8 Å². The number of carbonyl (C=O) groups excluding carboxylic acids is 1. The summed E-state index contributed by atoms with van der Waals surface area (Å²) >= 11 is 0. The number of allylic oxidation sites excluding steroid dienone is 2. The number of carbonyl (C=O) groups is 1. The van der Waals surface area contributed by atoms with E-state index in [1.165, 1.54) is 0 Å². The summed E-state index contributed by atoms with van der Waals surface area (Å²) in [6.45, 7) is 8.30. The smallest absolute Gasteiger partial charge is 0.164 e. The fourth-order valence-corrected chi connectivity index (χ4v) is 1.89. The van der Waals surface area contributed by atoms with Crippen LogP contribution in [0.3, 0.4) is 0 Å². The Bertz CT molecular complexity index is 227. The summed E-state index contributed by atoms with van der Waals surface area (Å²) in [6, 6.07) is 0. The summed E-state index contributed by atoms with van der Waals surface area (Å²) in [4.78, 5) is 11.8. The lowest BCUT2D eigenvalue weighted by molar-refractivity contribution is -0.127. The van der Waals surface area contributed by atoms with E-state index in [1.54, 1.807) is 0 Å². The van der Waals surface area contributed by atoms with Crippen molar-refractivity contribution in [3.63, 3.8) is 0 Å². The van der Waals surface area contributed by atoms with Gasteiger partial charge in [0.25, 0.3) is 0 Å². The van der Waals surface area contributed by atoms with Gasteiger partial charge in [0.2, 0.25) is 0 Å². The van der Waals surface area contributed by atoms with Crippen LogP contribution in [0, 0.1) is 11.3 Å². The van der Waals surface area contributed by atoms with Crippen LogP contribution in [0.1, 0.15) is 40.5 Å². The molecule has 0 saturated heterocycles. The fourth-order valence-electron chi connectivity index (χ4n) is 1.89. The monoisotopic (exact) mass is 166 g/mol. The van der Waals surface area contributed by atoms with Crippen LogP contribution in [0.15, 0.2) is 11.6 Å². The van der Waals surface area contributed by atoms with Gasteiger partial charge in [0, 0.05) is 5.41 Å². The normalized spacial score (nSPS) is 36.5. The summed E-state index contributed by atoms with van der Waals surface area (Å²) in [6.07, 6.45) is 4.09. The zero-order valence-corrected chi connectivity index (χ0v) is 8.48. The van der Waals surface area contributed by atoms with Gasteiger partial charge >= 0.3 is 0 Å². The topological polar surface area (TPSA) is 17.1 Å². The first-order valence-corrected chi connectivity index (χ1v) is 4.74. The van der Waals surface area contributed by atoms with Crippen LogP contribution in [0.25, 0.3) is 0 Å². The van der Waals surface area contributed by atoms with Crippen LogP contribution in [-0.2, 0) is 4.79 Å². The molecule has 68 valence electrons. The number of ketones is 1. The van der Waals surface area contributed by atoms with E-state index in [0.29, 0.717) is 11.7 Å². The highest BCUT2D eigenvalue weighted by Crippen LogP contribution is 2.40. The highest BCUT2D eigenvalue weighted by Gasteiger charge is 2.39. The third-order valence-electron chi connectivity index (χ3n) is 3.48. The largest absolute Gasteiger partial charge is 0.294 e. The molecule has 1 rings (SSSR count). The Hall–Kier alpha value is -0.590. The van der Waals surface area contributed by atoms with Gasteiger partial charge in [-0.05, 0) is 31.3 Å². The molecule has 1 aliphatic carbocycles. The van der Waals surface area contributed by atoms with Gasteiger partial charge in [0.1, 0.15) is 0 Å². The predicted molar refractivity (Wildman–Crippen MR) is 50.9 cm³/mol. The van der Waals surface area contributed by atoms with E-state index in [4.69, 9.17) is 0 Å². The van der Waals surface area contributed by atoms with Crippen molar-refractivity contribution >= 4 is 5.78 Å². The van der Waals surface area contributed by atoms with Crippen LogP contribution in [0.5, 0.6) is 0 Å². The molecule has 0 radical (unpaired) electrons. The number of rotatable bonds is 1. The minimum absolute atomic E-state index is 0.0984. The number of Topliss-reactive ketones (excluding diaryl/α,β-unsaturated/α-hetero) is 1. The number of hydrogen-bond donors (Lipinski definition) is 0. The van der Waals surface area contributed by atoms with Crippen molar-refractivity contribution in [2.75, 3.05) is 0 Å². The Morgan fingerprint density at radius 2 is 2.25 bits per heavy atom. The molecule has 0 amide bonds. The average molecular weight is 166 g/mol. The van der Waals surface area contributed by atoms with Gasteiger partial charge in [-0.15, -0.1) is 0 Å². The van der Waals surface area contributed by atoms with E-state index < -0.39 is 0 Å². The van der Waals surface area contributed by atoms with Crippen LogP contribution in [0.4, 0.5) is 0 Å². The minimum atomic E-state index is -0.0984. The molecule has 0 fully saturated rings. The first kappa shape index (κ1) is 9.50. The molecular weight excluding hydrogens is 148 g/mol. The highest BCUT2D eigenvalue weighted by molar-refractivity contribution is 6.00. The molecule has 0 saturated carbocycles. The van der Waals surface area contributed by atoms with Gasteiger partial charge in [0.05, 0.1) is 0 Å². The van der Waals surface area contributed by atoms with Crippen molar-refractivity contribution < 1.29 is 4.79 Å². The van der Waals surface area contributed by atoms with E-state index in [0.717, 1.165) is 18.4 Å². The predicted octanol–water partition coefficient (Wildman–Crippen LogP) is 2.96. The molecule has 0 aromatic heterocycles. The van der Waals surface area contributed by atoms with Crippen LogP contribution in [-0.4, -0.2) is 5.78 Å². The molecule has 1 nitrogen and oxygen atoms in total. The maximum Gasteiger partial charge on any atom is 0.164 e. The molecule has 0 bridgehead atoms. The van der Waals surface area contributed by atoms with Crippen molar-refractivity contribution in [1.29, 1.82) is 0 Å². The molecule has 0 aliphatic heterocycles. The molecule has 12 heavy (non-hydrogen) atoms. The van der Waals surface area contributed by atoms with Crippen molar-refractivity contribution in [3.8, 4) is 0 Å². The molecule has 0 heterocycles. The molecule has 0 aromatic rings. The standard InChI is InChI=1S/C11H18O/c1-5-11(4)9(3)7-6-8(2)10(11)12/h6,9H,5,7H2,1-4H3/t9-,11-/m1/s1. The quantitative estimate of drug-likeness (QED) is 0.585. The van der Waals surface area contributed by atoms with Crippen molar-refractivity contribution in [1.82, 2.24) is 0 Å². The van der Waals surface area contributed by atoms with Gasteiger partial charge in [0.15, 0.2) is 5.78 Å². The third kappa shape index (κ3) is 1.21. The fraction of sp³-hybridized carbons (Fsp3) is 0.727. The maximum atomic E-state index is 11.8. The first-order chi connectivity index (χ1) is 5.52. The second-order valence-electron chi connectivity index (χ2n) is 4.12. The van der Waals surface area contributed by atoms with Crippen LogP contribution >= 0.6 is 0 Å². The Balaban J connectivity index is 3.01. The Labute approximate surface area is 74.9 Å². The van der Waals surface area contributed by atoms with E-state index in [1.807, 2.05) is 6.92 Å². The minimum Gasteiger partial charge on any atom is -0.294 e. The zero-order chi connectivity index (χ0) is 9.35. The second-order valence-corrected chi connectivity index (χ2v) is 4.12. The average Bonchev–Trinajstić information content (AvgIpc) is 2.08. The molecule has 2 atom stereocenters. The van der Waals surface area contributed by atoms with Crippen LogP contribution < -0.4 is 0 Å². The first-order valence-electron chi connectivity index (χ1n) is 4.74. The lowest BCUT2D eigenvalue weighted by Gasteiger charge is -2.36. The van der Waals surface area contributed by atoms with E-state index in [-0.39, 0.29) is 5.41 Å². The van der Waals surface area contributed by atoms with E-state index >= 15 is 0 Å². The summed E-state index contributed by atoms with van der Waals surface area (Å²) < 4.78 is 0. The van der Waals surface area contributed by atoms with Crippen molar-refractivity contribution in [3.05, 3.63) is 11.6 Å². The molecule has 0 aromatic carbocycles. The molecular formula is C11H18O. The van der Waals surface area contributed by atoms with E-state index in [2.05, 4.69) is 26.8 Å². The van der Waals surface area contributed by atoms with Gasteiger partial charge < -0.3 is 0 Å². The molecule has 0 N–H and O–H groups in total. The van der Waals surface area contributed by atoms with Crippen molar-refractivity contribution in [2.45, 2.75) is 40.5 Å². The molecule has 1 heteroatoms. The highest BCUT2D eigenvalue weighted by atomic mass is 16.1. The summed E-state index contributed by atoms with van der Waals surface area (Å²) in [5, 5.41) is 0. The summed E-state index contributed by atoms with van der Waals surface area (Å²) in [5.74, 6) is 0.849. The zero-order valence-electron chi connectivity index (χ0n) is 8.48. The van der Waals surface area contributed by atoms with Crippen LogP contribution in [0.2, 0.25) is 0 Å². The van der Waals surface area contributed by atoms with Gasteiger partial charge in [-0.2, -0.15) is 0 Å². The number of hydrogen-bond acceptors (Lipinski definition) is 1. The van der Waals surface area contributed by atoms with Gasteiger partial charge in [-0.3, -0.25) is 4.79 Å². The second kappa shape index (κ2) is 3.04. The maximum absolute atomic E-state index is 11.8. The summed E-state index contributed by atoms with van der Waals surface area (Å²) in [5.41, 5.74) is 0.858. The summed E-state index contributed by atoms with van der Waals surface area (Å²) in [7, 11) is 0. The van der Waals surface area contributed by atoms with Crippen molar-refractivity contribution in [2.24, 2.45) is 11.3 Å².